The SMILES string of the molecule is N#CC1=C(c2ccc3ccccc3c2)OC(C(F)(F)F)C1O. The molecule has 2 unspecified atom stereocenters. The number of rotatable bonds is 1. The first-order valence-electron chi connectivity index (χ1n) is 6.46. The summed E-state index contributed by atoms with van der Waals surface area (Å²) in [6.45, 7) is 0. The Bertz CT molecular complexity index is 805. The molecule has 0 fully saturated rings. The Morgan fingerprint density at radius 3 is 2.41 bits per heavy atom. The fourth-order valence-electron chi connectivity index (χ4n) is 2.46. The number of hydrogen-bond donors (Lipinski definition) is 1. The largest absolute Gasteiger partial charge is 0.476 e. The molecule has 0 bridgehead atoms. The van der Waals surface area contributed by atoms with Crippen LogP contribution in [0, 0.1) is 11.3 Å². The van der Waals surface area contributed by atoms with E-state index < -0.39 is 24.0 Å². The van der Waals surface area contributed by atoms with E-state index in [1.807, 2.05) is 12.1 Å². The van der Waals surface area contributed by atoms with Gasteiger partial charge in [-0.15, -0.1) is 0 Å². The van der Waals surface area contributed by atoms with E-state index >= 15 is 0 Å². The maximum absolute atomic E-state index is 12.8. The fraction of sp³-hybridized carbons (Fsp3) is 0.188. The van der Waals surface area contributed by atoms with E-state index in [-0.39, 0.29) is 5.76 Å². The van der Waals surface area contributed by atoms with Gasteiger partial charge in [0.05, 0.1) is 0 Å². The number of alkyl halides is 3. The molecule has 2 atom stereocenters. The zero-order valence-corrected chi connectivity index (χ0v) is 11.1. The van der Waals surface area contributed by atoms with Crippen LogP contribution in [0.1, 0.15) is 5.56 Å². The Balaban J connectivity index is 2.08. The zero-order chi connectivity index (χ0) is 15.9. The summed E-state index contributed by atoms with van der Waals surface area (Å²) in [5, 5.41) is 20.5. The van der Waals surface area contributed by atoms with Crippen molar-refractivity contribution in [3.63, 3.8) is 0 Å². The number of fused-ring (bicyclic) bond motifs is 1. The van der Waals surface area contributed by atoms with Crippen LogP contribution in [0.3, 0.4) is 0 Å². The van der Waals surface area contributed by atoms with Crippen molar-refractivity contribution in [3.8, 4) is 6.07 Å². The molecule has 0 amide bonds. The molecule has 1 N–H and O–H groups in total. The number of halogens is 3. The van der Waals surface area contributed by atoms with Crippen molar-refractivity contribution in [3.05, 3.63) is 53.6 Å². The molecule has 2 aromatic carbocycles. The zero-order valence-electron chi connectivity index (χ0n) is 11.1. The Morgan fingerprint density at radius 1 is 1.09 bits per heavy atom. The molecule has 1 aliphatic heterocycles. The smallest absolute Gasteiger partial charge is 0.428 e. The highest BCUT2D eigenvalue weighted by Crippen LogP contribution is 2.40. The summed E-state index contributed by atoms with van der Waals surface area (Å²) in [6.07, 6.45) is -9.17. The molecule has 0 radical (unpaired) electrons. The highest BCUT2D eigenvalue weighted by atomic mass is 19.4. The lowest BCUT2D eigenvalue weighted by atomic mass is 10.0. The molecule has 22 heavy (non-hydrogen) atoms. The predicted octanol–water partition coefficient (Wildman–Crippen LogP) is 3.40. The van der Waals surface area contributed by atoms with Crippen molar-refractivity contribution in [2.24, 2.45) is 0 Å². The summed E-state index contributed by atoms with van der Waals surface area (Å²) in [6, 6.07) is 13.9. The summed E-state index contributed by atoms with van der Waals surface area (Å²) in [5.41, 5.74) is -0.0707. The summed E-state index contributed by atoms with van der Waals surface area (Å²) < 4.78 is 43.4. The third-order valence-electron chi connectivity index (χ3n) is 3.53. The van der Waals surface area contributed by atoms with Crippen molar-refractivity contribution in [2.75, 3.05) is 0 Å². The minimum Gasteiger partial charge on any atom is -0.476 e. The molecule has 1 heterocycles. The molecule has 1 aliphatic rings. The Morgan fingerprint density at radius 2 is 1.77 bits per heavy atom. The second-order valence-electron chi connectivity index (χ2n) is 4.94. The average molecular weight is 305 g/mol. The van der Waals surface area contributed by atoms with Crippen LogP contribution in [0.2, 0.25) is 0 Å². The lowest BCUT2D eigenvalue weighted by Crippen LogP contribution is -2.38. The molecule has 0 aromatic heterocycles. The van der Waals surface area contributed by atoms with Crippen molar-refractivity contribution in [1.82, 2.24) is 0 Å². The maximum atomic E-state index is 12.8. The Kier molecular flexibility index (Phi) is 3.30. The summed E-state index contributed by atoms with van der Waals surface area (Å²) in [5.74, 6) is -0.219. The molecule has 0 saturated carbocycles. The molecular weight excluding hydrogens is 295 g/mol. The van der Waals surface area contributed by atoms with Gasteiger partial charge in [-0.2, -0.15) is 18.4 Å². The third-order valence-corrected chi connectivity index (χ3v) is 3.53. The molecule has 0 spiro atoms. The van der Waals surface area contributed by atoms with Crippen LogP contribution in [-0.2, 0) is 4.74 Å². The van der Waals surface area contributed by atoms with Crippen LogP contribution >= 0.6 is 0 Å². The van der Waals surface area contributed by atoms with Crippen LogP contribution < -0.4 is 0 Å². The molecule has 0 saturated heterocycles. The van der Waals surface area contributed by atoms with Gasteiger partial charge in [0.1, 0.15) is 23.5 Å². The molecular formula is C16H10F3NO2. The highest BCUT2D eigenvalue weighted by Gasteiger charge is 2.52. The molecule has 3 rings (SSSR count). The van der Waals surface area contributed by atoms with Gasteiger partial charge in [-0.3, -0.25) is 0 Å². The highest BCUT2D eigenvalue weighted by molar-refractivity contribution is 5.86. The lowest BCUT2D eigenvalue weighted by molar-refractivity contribution is -0.215. The topological polar surface area (TPSA) is 53.2 Å². The first-order chi connectivity index (χ1) is 10.4. The Labute approximate surface area is 123 Å². The first-order valence-corrected chi connectivity index (χ1v) is 6.46. The lowest BCUT2D eigenvalue weighted by Gasteiger charge is -2.18. The fourth-order valence-corrected chi connectivity index (χ4v) is 2.46. The Hall–Kier alpha value is -2.52. The number of nitrogens with zero attached hydrogens (tertiary/aromatic N) is 1. The standard InChI is InChI=1S/C16H10F3NO2/c17-16(18,19)15-13(21)12(8-20)14(22-15)11-6-5-9-3-1-2-4-10(9)7-11/h1-7,13,15,21H. The van der Waals surface area contributed by atoms with E-state index in [2.05, 4.69) is 0 Å². The van der Waals surface area contributed by atoms with E-state index in [0.717, 1.165) is 10.8 Å². The van der Waals surface area contributed by atoms with Gasteiger partial charge in [-0.25, -0.2) is 0 Å². The molecule has 6 heteroatoms. The minimum atomic E-state index is -4.75. The van der Waals surface area contributed by atoms with Gasteiger partial charge in [0, 0.05) is 5.56 Å². The number of hydrogen-bond acceptors (Lipinski definition) is 3. The average Bonchev–Trinajstić information content (AvgIpc) is 2.83. The van der Waals surface area contributed by atoms with Crippen LogP contribution in [0.15, 0.2) is 48.0 Å². The van der Waals surface area contributed by atoms with Crippen LogP contribution in [-0.4, -0.2) is 23.5 Å². The van der Waals surface area contributed by atoms with Gasteiger partial charge in [-0.05, 0) is 16.8 Å². The third kappa shape index (κ3) is 2.30. The van der Waals surface area contributed by atoms with Gasteiger partial charge in [0.2, 0.25) is 6.10 Å². The van der Waals surface area contributed by atoms with Gasteiger partial charge in [0.15, 0.2) is 0 Å². The number of aliphatic hydroxyl groups is 1. The summed E-state index contributed by atoms with van der Waals surface area (Å²) in [4.78, 5) is 0. The van der Waals surface area contributed by atoms with Crippen molar-refractivity contribution in [1.29, 1.82) is 5.26 Å². The second-order valence-corrected chi connectivity index (χ2v) is 4.94. The number of nitriles is 1. The predicted molar refractivity (Wildman–Crippen MR) is 73.4 cm³/mol. The van der Waals surface area contributed by atoms with E-state index in [1.165, 1.54) is 0 Å². The molecule has 0 aliphatic carbocycles. The number of ether oxygens (including phenoxy) is 1. The minimum absolute atomic E-state index is 0.219. The normalized spacial score (nSPS) is 21.8. The van der Waals surface area contributed by atoms with Crippen LogP contribution in [0.25, 0.3) is 16.5 Å². The van der Waals surface area contributed by atoms with E-state index in [1.54, 1.807) is 36.4 Å². The van der Waals surface area contributed by atoms with Gasteiger partial charge in [-0.1, -0.05) is 36.4 Å². The van der Waals surface area contributed by atoms with Crippen LogP contribution in [0.4, 0.5) is 13.2 Å². The number of benzene rings is 2. The molecule has 112 valence electrons. The van der Waals surface area contributed by atoms with Crippen molar-refractivity contribution in [2.45, 2.75) is 18.4 Å². The maximum Gasteiger partial charge on any atom is 0.428 e. The summed E-state index contributed by atoms with van der Waals surface area (Å²) >= 11 is 0. The van der Waals surface area contributed by atoms with Crippen molar-refractivity contribution >= 4 is 16.5 Å². The van der Waals surface area contributed by atoms with Gasteiger partial charge >= 0.3 is 6.18 Å². The summed E-state index contributed by atoms with van der Waals surface area (Å²) in [7, 11) is 0. The quantitative estimate of drug-likeness (QED) is 0.878. The van der Waals surface area contributed by atoms with Crippen LogP contribution in [0.5, 0.6) is 0 Å². The molecule has 3 nitrogen and oxygen atoms in total. The first kappa shape index (κ1) is 14.4. The van der Waals surface area contributed by atoms with E-state index in [9.17, 15) is 18.3 Å². The van der Waals surface area contributed by atoms with E-state index in [0.29, 0.717) is 5.56 Å². The van der Waals surface area contributed by atoms with E-state index in [4.69, 9.17) is 10.00 Å². The second kappa shape index (κ2) is 5.04. The monoisotopic (exact) mass is 305 g/mol. The van der Waals surface area contributed by atoms with Gasteiger partial charge in [0.25, 0.3) is 0 Å². The van der Waals surface area contributed by atoms with Crippen molar-refractivity contribution < 1.29 is 23.0 Å². The number of aliphatic hydroxyl groups excluding tert-OH is 1. The molecule has 2 aromatic rings. The van der Waals surface area contributed by atoms with Gasteiger partial charge < -0.3 is 9.84 Å².